The molecular weight excluding hydrogens is 553 g/mol. The minimum Gasteiger partial charge on any atom is -0.0622 e. The van der Waals surface area contributed by atoms with Gasteiger partial charge in [-0.25, -0.2) is 0 Å². The first-order valence-corrected chi connectivity index (χ1v) is 15.9. The van der Waals surface area contributed by atoms with Crippen molar-refractivity contribution in [3.05, 3.63) is 182 Å². The van der Waals surface area contributed by atoms with Crippen LogP contribution in [-0.4, -0.2) is 0 Å². The molecule has 0 N–H and O–H groups in total. The number of rotatable bonds is 4. The third-order valence-electron chi connectivity index (χ3n) is 9.47. The maximum absolute atomic E-state index is 2.40. The van der Waals surface area contributed by atoms with Gasteiger partial charge in [0.2, 0.25) is 0 Å². The van der Waals surface area contributed by atoms with E-state index in [1.54, 1.807) is 0 Å². The molecule has 0 saturated carbocycles. The van der Waals surface area contributed by atoms with Crippen molar-refractivity contribution in [3.63, 3.8) is 0 Å². The van der Waals surface area contributed by atoms with Crippen LogP contribution >= 0.6 is 0 Å². The van der Waals surface area contributed by atoms with Gasteiger partial charge in [0.15, 0.2) is 0 Å². The molecule has 0 heterocycles. The molecule has 46 heavy (non-hydrogen) atoms. The number of hydrogen-bond acceptors (Lipinski definition) is 0. The van der Waals surface area contributed by atoms with Gasteiger partial charge in [-0.05, 0) is 93.7 Å². The summed E-state index contributed by atoms with van der Waals surface area (Å²) in [6, 6.07) is 66.5. The highest BCUT2D eigenvalue weighted by Crippen LogP contribution is 2.48. The minimum absolute atomic E-state index is 1.22. The molecule has 214 valence electrons. The lowest BCUT2D eigenvalue weighted by molar-refractivity contribution is 1.58. The van der Waals surface area contributed by atoms with E-state index in [2.05, 4.69) is 182 Å². The molecule has 0 amide bonds. The average Bonchev–Trinajstić information content (AvgIpc) is 3.14. The first-order valence-electron chi connectivity index (χ1n) is 15.9. The molecule has 0 nitrogen and oxygen atoms in total. The summed E-state index contributed by atoms with van der Waals surface area (Å²) in [7, 11) is 0. The lowest BCUT2D eigenvalue weighted by atomic mass is 9.82. The van der Waals surface area contributed by atoms with E-state index in [-0.39, 0.29) is 0 Å². The predicted octanol–water partition coefficient (Wildman–Crippen LogP) is 13.0. The van der Waals surface area contributed by atoms with Gasteiger partial charge in [0, 0.05) is 0 Å². The molecule has 0 aliphatic carbocycles. The van der Waals surface area contributed by atoms with Crippen molar-refractivity contribution in [2.75, 3.05) is 0 Å². The Morgan fingerprint density at radius 3 is 1.39 bits per heavy atom. The fraction of sp³-hybridized carbons (Fsp3) is 0. The van der Waals surface area contributed by atoms with E-state index in [1.807, 2.05) is 0 Å². The van der Waals surface area contributed by atoms with Gasteiger partial charge in [0.1, 0.15) is 0 Å². The largest absolute Gasteiger partial charge is 0.0622 e. The Kier molecular flexibility index (Phi) is 6.25. The van der Waals surface area contributed by atoms with Crippen molar-refractivity contribution in [1.29, 1.82) is 0 Å². The third-order valence-corrected chi connectivity index (χ3v) is 9.47. The number of benzene rings is 9. The molecule has 9 aromatic rings. The summed E-state index contributed by atoms with van der Waals surface area (Å²) in [5.74, 6) is 0. The highest BCUT2D eigenvalue weighted by Gasteiger charge is 2.20. The molecule has 0 unspecified atom stereocenters. The Hall–Kier alpha value is -5.98. The second kappa shape index (κ2) is 10.9. The van der Waals surface area contributed by atoms with E-state index in [9.17, 15) is 0 Å². The fourth-order valence-electron chi connectivity index (χ4n) is 7.40. The molecule has 0 atom stereocenters. The summed E-state index contributed by atoms with van der Waals surface area (Å²) < 4.78 is 0. The van der Waals surface area contributed by atoms with E-state index in [0.29, 0.717) is 0 Å². The normalized spacial score (nSPS) is 11.5. The Labute approximate surface area is 268 Å². The van der Waals surface area contributed by atoms with Crippen LogP contribution in [-0.2, 0) is 0 Å². The Morgan fingerprint density at radius 1 is 0.217 bits per heavy atom. The smallest absolute Gasteiger partial charge is 0.00199 e. The monoisotopic (exact) mass is 582 g/mol. The van der Waals surface area contributed by atoms with E-state index in [1.165, 1.54) is 87.6 Å². The highest BCUT2D eigenvalue weighted by atomic mass is 14.2. The molecule has 0 aliphatic rings. The van der Waals surface area contributed by atoms with Crippen LogP contribution in [0.3, 0.4) is 0 Å². The number of hydrogen-bond donors (Lipinski definition) is 0. The summed E-state index contributed by atoms with van der Waals surface area (Å²) in [4.78, 5) is 0. The van der Waals surface area contributed by atoms with Crippen LogP contribution in [0.1, 0.15) is 0 Å². The maximum atomic E-state index is 2.40. The molecule has 0 saturated heterocycles. The summed E-state index contributed by atoms with van der Waals surface area (Å²) in [6.07, 6.45) is 0. The second-order valence-corrected chi connectivity index (χ2v) is 12.0. The van der Waals surface area contributed by atoms with Crippen molar-refractivity contribution >= 4 is 43.1 Å². The lowest BCUT2D eigenvalue weighted by Gasteiger charge is -2.21. The summed E-state index contributed by atoms with van der Waals surface area (Å²) >= 11 is 0. The van der Waals surface area contributed by atoms with Gasteiger partial charge in [0.05, 0.1) is 0 Å². The van der Waals surface area contributed by atoms with E-state index in [4.69, 9.17) is 0 Å². The summed E-state index contributed by atoms with van der Waals surface area (Å²) in [5, 5.41) is 10.2. The van der Waals surface area contributed by atoms with Gasteiger partial charge < -0.3 is 0 Å². The molecular formula is C46H30. The molecule has 9 rings (SSSR count). The first kappa shape index (κ1) is 26.4. The Balaban J connectivity index is 1.41. The van der Waals surface area contributed by atoms with Crippen LogP contribution in [0.5, 0.6) is 0 Å². The van der Waals surface area contributed by atoms with Crippen LogP contribution < -0.4 is 0 Å². The molecule has 0 spiro atoms. The van der Waals surface area contributed by atoms with Gasteiger partial charge in [-0.3, -0.25) is 0 Å². The summed E-state index contributed by atoms with van der Waals surface area (Å²) in [5.41, 5.74) is 9.97. The highest BCUT2D eigenvalue weighted by molar-refractivity contribution is 6.25. The van der Waals surface area contributed by atoms with Crippen LogP contribution in [0.25, 0.3) is 87.6 Å². The molecule has 0 fully saturated rings. The van der Waals surface area contributed by atoms with Gasteiger partial charge in [-0.15, -0.1) is 0 Å². The molecule has 0 aliphatic heterocycles. The zero-order chi connectivity index (χ0) is 30.5. The van der Waals surface area contributed by atoms with Gasteiger partial charge >= 0.3 is 0 Å². The van der Waals surface area contributed by atoms with Crippen LogP contribution in [0.15, 0.2) is 182 Å². The zero-order valence-electron chi connectivity index (χ0n) is 25.3. The van der Waals surface area contributed by atoms with E-state index < -0.39 is 0 Å². The van der Waals surface area contributed by atoms with Crippen LogP contribution in [0, 0.1) is 0 Å². The van der Waals surface area contributed by atoms with Gasteiger partial charge in [-0.1, -0.05) is 176 Å². The molecule has 0 heteroatoms. The topological polar surface area (TPSA) is 0 Å². The molecule has 0 radical (unpaired) electrons. The average molecular weight is 583 g/mol. The second-order valence-electron chi connectivity index (χ2n) is 12.0. The van der Waals surface area contributed by atoms with Crippen LogP contribution in [0.4, 0.5) is 0 Å². The van der Waals surface area contributed by atoms with Gasteiger partial charge in [0.25, 0.3) is 0 Å². The van der Waals surface area contributed by atoms with Crippen molar-refractivity contribution in [1.82, 2.24) is 0 Å². The Morgan fingerprint density at radius 2 is 0.739 bits per heavy atom. The van der Waals surface area contributed by atoms with Crippen molar-refractivity contribution < 1.29 is 0 Å². The first-order chi connectivity index (χ1) is 22.8. The third kappa shape index (κ3) is 4.23. The van der Waals surface area contributed by atoms with Crippen molar-refractivity contribution in [3.8, 4) is 44.5 Å². The molecule has 0 bridgehead atoms. The maximum Gasteiger partial charge on any atom is -0.00199 e. The van der Waals surface area contributed by atoms with E-state index >= 15 is 0 Å². The number of fused-ring (bicyclic) bond motifs is 5. The molecule has 0 aromatic heterocycles. The molecule has 9 aromatic carbocycles. The van der Waals surface area contributed by atoms with E-state index in [0.717, 1.165) is 0 Å². The quantitative estimate of drug-likeness (QED) is 0.143. The minimum atomic E-state index is 1.22. The fourth-order valence-corrected chi connectivity index (χ4v) is 7.40. The summed E-state index contributed by atoms with van der Waals surface area (Å²) in [6.45, 7) is 0. The van der Waals surface area contributed by atoms with Crippen LogP contribution in [0.2, 0.25) is 0 Å². The standard InChI is InChI=1S/C46H30/c1-3-14-31(15-4-1)34-27-28-36(32-16-5-2-6-17-32)44(30-34)46-42-22-11-9-20-40(42)45(41-21-10-12-23-43(41)46)39-25-13-24-37-35-19-8-7-18-33(35)26-29-38(37)39/h1-30H. The SMILES string of the molecule is c1ccc(-c2ccc(-c3ccccc3)c(-c3c4ccccc4c(-c4cccc5c4ccc4ccccc45)c4ccccc34)c2)cc1. The Bertz CT molecular complexity index is 2500. The van der Waals surface area contributed by atoms with Crippen molar-refractivity contribution in [2.45, 2.75) is 0 Å². The predicted molar refractivity (Wildman–Crippen MR) is 198 cm³/mol. The lowest BCUT2D eigenvalue weighted by Crippen LogP contribution is -1.94. The van der Waals surface area contributed by atoms with Crippen molar-refractivity contribution in [2.24, 2.45) is 0 Å². The zero-order valence-corrected chi connectivity index (χ0v) is 25.3. The van der Waals surface area contributed by atoms with Gasteiger partial charge in [-0.2, -0.15) is 0 Å².